The van der Waals surface area contributed by atoms with Crippen LogP contribution in [0.4, 0.5) is 4.39 Å². The van der Waals surface area contributed by atoms with E-state index in [1.165, 1.54) is 65.0 Å². The van der Waals surface area contributed by atoms with Crippen molar-refractivity contribution in [1.29, 1.82) is 0 Å². The van der Waals surface area contributed by atoms with Gasteiger partial charge in [0.25, 0.3) is 0 Å². The third-order valence-corrected chi connectivity index (χ3v) is 7.86. The van der Waals surface area contributed by atoms with E-state index in [4.69, 9.17) is 0 Å². The molecule has 0 aliphatic rings. The summed E-state index contributed by atoms with van der Waals surface area (Å²) in [5, 5.41) is 7.54. The van der Waals surface area contributed by atoms with Gasteiger partial charge in [0.05, 0.1) is 0 Å². The minimum Gasteiger partial charge on any atom is -0.207 e. The smallest absolute Gasteiger partial charge is 0.123 e. The maximum Gasteiger partial charge on any atom is 0.123 e. The molecule has 0 aliphatic carbocycles. The number of benzene rings is 6. The lowest BCUT2D eigenvalue weighted by Gasteiger charge is -2.12. The van der Waals surface area contributed by atoms with E-state index in [1.54, 1.807) is 0 Å². The van der Waals surface area contributed by atoms with Crippen LogP contribution in [0.1, 0.15) is 0 Å². The van der Waals surface area contributed by atoms with Crippen molar-refractivity contribution in [3.05, 3.63) is 121 Å². The maximum atomic E-state index is 13.5. The van der Waals surface area contributed by atoms with Crippen molar-refractivity contribution in [2.75, 3.05) is 0 Å². The van der Waals surface area contributed by atoms with E-state index in [9.17, 15) is 4.39 Å². The van der Waals surface area contributed by atoms with Gasteiger partial charge >= 0.3 is 0 Å². The predicted molar refractivity (Wildman–Crippen MR) is 145 cm³/mol. The van der Waals surface area contributed by atoms with Gasteiger partial charge in [-0.2, -0.15) is 0 Å². The molecule has 6 aromatic carbocycles. The molecule has 34 heavy (non-hydrogen) atoms. The first-order valence-corrected chi connectivity index (χ1v) is 12.2. The summed E-state index contributed by atoms with van der Waals surface area (Å²) in [4.78, 5) is 0. The van der Waals surface area contributed by atoms with Gasteiger partial charge in [-0.15, -0.1) is 11.3 Å². The van der Waals surface area contributed by atoms with Gasteiger partial charge in [0.2, 0.25) is 0 Å². The van der Waals surface area contributed by atoms with Gasteiger partial charge in [-0.05, 0) is 80.2 Å². The average Bonchev–Trinajstić information content (AvgIpc) is 3.24. The van der Waals surface area contributed by atoms with Crippen molar-refractivity contribution in [3.8, 4) is 22.3 Å². The number of fused-ring (bicyclic) bond motifs is 5. The molecule has 1 aromatic heterocycles. The number of hydrogen-bond donors (Lipinski definition) is 0. The largest absolute Gasteiger partial charge is 0.207 e. The van der Waals surface area contributed by atoms with Crippen molar-refractivity contribution >= 4 is 53.1 Å². The van der Waals surface area contributed by atoms with E-state index in [0.29, 0.717) is 0 Å². The second-order valence-corrected chi connectivity index (χ2v) is 9.81. The Kier molecular flexibility index (Phi) is 4.30. The monoisotopic (exact) mass is 454 g/mol. The lowest BCUT2D eigenvalue weighted by molar-refractivity contribution is 0.628. The van der Waals surface area contributed by atoms with E-state index in [1.807, 2.05) is 23.5 Å². The third-order valence-electron chi connectivity index (χ3n) is 6.73. The summed E-state index contributed by atoms with van der Waals surface area (Å²) < 4.78 is 16.1. The Labute approximate surface area is 200 Å². The summed E-state index contributed by atoms with van der Waals surface area (Å²) in [7, 11) is 0. The lowest BCUT2D eigenvalue weighted by atomic mass is 9.91. The van der Waals surface area contributed by atoms with Crippen LogP contribution in [0.5, 0.6) is 0 Å². The van der Waals surface area contributed by atoms with Gasteiger partial charge in [-0.1, -0.05) is 78.9 Å². The lowest BCUT2D eigenvalue weighted by Crippen LogP contribution is -1.86. The molecule has 0 nitrogen and oxygen atoms in total. The Hall–Kier alpha value is -4.01. The molecule has 0 saturated carbocycles. The number of rotatable bonds is 2. The van der Waals surface area contributed by atoms with Crippen LogP contribution in [-0.2, 0) is 0 Å². The standard InChI is InChI=1S/C32H19FS/c33-24-12-9-20(10-13-24)25-14-15-26(28-8-4-3-7-27(25)28)23-11-16-31-29(18-23)30-17-21-5-1-2-6-22(21)19-32(30)34-31/h1-19H. The molecule has 0 aliphatic heterocycles. The zero-order valence-corrected chi connectivity index (χ0v) is 19.1. The van der Waals surface area contributed by atoms with Gasteiger partial charge in [0.15, 0.2) is 0 Å². The van der Waals surface area contributed by atoms with Gasteiger partial charge < -0.3 is 0 Å². The van der Waals surface area contributed by atoms with Crippen LogP contribution in [0, 0.1) is 5.82 Å². The summed E-state index contributed by atoms with van der Waals surface area (Å²) in [5.74, 6) is -0.214. The summed E-state index contributed by atoms with van der Waals surface area (Å²) in [6, 6.07) is 39.6. The predicted octanol–water partition coefficient (Wildman–Crippen LogP) is 9.83. The summed E-state index contributed by atoms with van der Waals surface area (Å²) in [5.41, 5.74) is 4.56. The molecule has 160 valence electrons. The molecule has 0 unspecified atom stereocenters. The van der Waals surface area contributed by atoms with Gasteiger partial charge in [-0.3, -0.25) is 0 Å². The van der Waals surface area contributed by atoms with Crippen LogP contribution < -0.4 is 0 Å². The van der Waals surface area contributed by atoms with E-state index in [2.05, 4.69) is 91.0 Å². The van der Waals surface area contributed by atoms with Crippen LogP contribution in [0.3, 0.4) is 0 Å². The van der Waals surface area contributed by atoms with Crippen molar-refractivity contribution < 1.29 is 4.39 Å². The zero-order chi connectivity index (χ0) is 22.6. The zero-order valence-electron chi connectivity index (χ0n) is 18.3. The van der Waals surface area contributed by atoms with Crippen molar-refractivity contribution in [2.45, 2.75) is 0 Å². The van der Waals surface area contributed by atoms with Crippen LogP contribution in [0.25, 0.3) is 64.0 Å². The van der Waals surface area contributed by atoms with Crippen molar-refractivity contribution in [2.24, 2.45) is 0 Å². The highest BCUT2D eigenvalue weighted by Gasteiger charge is 2.12. The molecule has 0 atom stereocenters. The Bertz CT molecular complexity index is 1860. The van der Waals surface area contributed by atoms with Crippen LogP contribution in [0.2, 0.25) is 0 Å². The summed E-state index contributed by atoms with van der Waals surface area (Å²) in [6.07, 6.45) is 0. The molecule has 1 heterocycles. The van der Waals surface area contributed by atoms with Gasteiger partial charge in [0.1, 0.15) is 5.82 Å². The van der Waals surface area contributed by atoms with Gasteiger partial charge in [-0.25, -0.2) is 4.39 Å². The Morgan fingerprint density at radius 2 is 1.03 bits per heavy atom. The molecular formula is C32H19FS. The fourth-order valence-corrected chi connectivity index (χ4v) is 6.18. The first-order valence-electron chi connectivity index (χ1n) is 11.4. The highest BCUT2D eigenvalue weighted by molar-refractivity contribution is 7.25. The third kappa shape index (κ3) is 3.03. The minimum absolute atomic E-state index is 0.214. The first kappa shape index (κ1) is 19.5. The Morgan fingerprint density at radius 1 is 0.441 bits per heavy atom. The van der Waals surface area contributed by atoms with E-state index >= 15 is 0 Å². The van der Waals surface area contributed by atoms with Crippen molar-refractivity contribution in [3.63, 3.8) is 0 Å². The maximum absolute atomic E-state index is 13.5. The van der Waals surface area contributed by atoms with Crippen LogP contribution in [0.15, 0.2) is 115 Å². The van der Waals surface area contributed by atoms with Crippen LogP contribution >= 0.6 is 11.3 Å². The quantitative estimate of drug-likeness (QED) is 0.244. The SMILES string of the molecule is Fc1ccc(-c2ccc(-c3ccc4sc5cc6ccccc6cc5c4c3)c3ccccc23)cc1. The van der Waals surface area contributed by atoms with Gasteiger partial charge in [0, 0.05) is 20.2 Å². The summed E-state index contributed by atoms with van der Waals surface area (Å²) in [6.45, 7) is 0. The highest BCUT2D eigenvalue weighted by Crippen LogP contribution is 2.41. The topological polar surface area (TPSA) is 0 Å². The molecular weight excluding hydrogens is 435 g/mol. The molecule has 0 saturated heterocycles. The molecule has 2 heteroatoms. The fraction of sp³-hybridized carbons (Fsp3) is 0. The van der Waals surface area contributed by atoms with E-state index in [0.717, 1.165) is 11.1 Å². The van der Waals surface area contributed by atoms with Crippen LogP contribution in [-0.4, -0.2) is 0 Å². The number of hydrogen-bond acceptors (Lipinski definition) is 1. The molecule has 0 N–H and O–H groups in total. The second-order valence-electron chi connectivity index (χ2n) is 8.72. The molecule has 7 aromatic rings. The molecule has 0 fully saturated rings. The van der Waals surface area contributed by atoms with E-state index < -0.39 is 0 Å². The molecule has 0 radical (unpaired) electrons. The number of halogens is 1. The summed E-state index contributed by atoms with van der Waals surface area (Å²) >= 11 is 1.85. The Balaban J connectivity index is 1.45. The molecule has 0 spiro atoms. The van der Waals surface area contributed by atoms with Crippen molar-refractivity contribution in [1.82, 2.24) is 0 Å². The minimum atomic E-state index is -0.214. The fourth-order valence-electron chi connectivity index (χ4n) is 5.06. The average molecular weight is 455 g/mol. The molecule has 0 amide bonds. The number of thiophene rings is 1. The molecule has 0 bridgehead atoms. The molecule has 7 rings (SSSR count). The van der Waals surface area contributed by atoms with E-state index in [-0.39, 0.29) is 5.82 Å². The normalized spacial score (nSPS) is 11.7. The first-order chi connectivity index (χ1) is 16.7. The Morgan fingerprint density at radius 3 is 1.76 bits per heavy atom. The second kappa shape index (κ2) is 7.51. The highest BCUT2D eigenvalue weighted by atomic mass is 32.1.